The Morgan fingerprint density at radius 2 is 2.06 bits per heavy atom. The lowest BCUT2D eigenvalue weighted by atomic mass is 10.1. The van der Waals surface area contributed by atoms with Gasteiger partial charge >= 0.3 is 0 Å². The lowest BCUT2D eigenvalue weighted by Gasteiger charge is -2.19. The van der Waals surface area contributed by atoms with Crippen molar-refractivity contribution in [2.24, 2.45) is 0 Å². The van der Waals surface area contributed by atoms with Crippen LogP contribution in [0.25, 0.3) is 11.6 Å². The van der Waals surface area contributed by atoms with Gasteiger partial charge in [0.15, 0.2) is 11.5 Å². The normalized spacial score (nSPS) is 11.7. The third-order valence-corrected chi connectivity index (χ3v) is 2.40. The fourth-order valence-electron chi connectivity index (χ4n) is 1.50. The highest BCUT2D eigenvalue weighted by molar-refractivity contribution is 5.61. The Kier molecular flexibility index (Phi) is 3.24. The summed E-state index contributed by atoms with van der Waals surface area (Å²) in [4.78, 5) is 12.2. The summed E-state index contributed by atoms with van der Waals surface area (Å²) in [6.45, 7) is 6.20. The van der Waals surface area contributed by atoms with E-state index in [4.69, 9.17) is 15.0 Å². The molecule has 7 nitrogen and oxygen atoms in total. The molecular weight excluding hydrogens is 234 g/mol. The Bertz CT molecular complexity index is 538. The number of rotatable bonds is 4. The highest BCUT2D eigenvalue weighted by Crippen LogP contribution is 2.25. The molecule has 0 aliphatic carbocycles. The molecule has 0 bridgehead atoms. The number of nitrogens with two attached hydrogens (primary N) is 1. The first-order valence-corrected chi connectivity index (χ1v) is 5.59. The van der Waals surface area contributed by atoms with Gasteiger partial charge in [0, 0.05) is 19.0 Å². The summed E-state index contributed by atoms with van der Waals surface area (Å²) in [7, 11) is 0. The zero-order valence-electron chi connectivity index (χ0n) is 10.5. The largest absolute Gasteiger partial charge is 0.382 e. The maximum Gasteiger partial charge on any atom is 0.280 e. The van der Waals surface area contributed by atoms with Gasteiger partial charge in [-0.3, -0.25) is 0 Å². The summed E-state index contributed by atoms with van der Waals surface area (Å²) in [6.07, 6.45) is 3.02. The summed E-state index contributed by atoms with van der Waals surface area (Å²) in [5.41, 5.74) is 5.46. The van der Waals surface area contributed by atoms with E-state index in [1.165, 1.54) is 12.4 Å². The Morgan fingerprint density at radius 3 is 2.72 bits per heavy atom. The number of nitrogens with zero attached hydrogens (tertiary/aromatic N) is 4. The highest BCUT2D eigenvalue weighted by Gasteiger charge is 2.28. The van der Waals surface area contributed by atoms with E-state index >= 15 is 0 Å². The topological polar surface area (TPSA) is 100.0 Å². The molecule has 2 heterocycles. The van der Waals surface area contributed by atoms with Crippen molar-refractivity contribution in [2.75, 3.05) is 12.3 Å². The summed E-state index contributed by atoms with van der Waals surface area (Å²) in [6, 6.07) is 0. The average Bonchev–Trinajstić information content (AvgIpc) is 2.79. The van der Waals surface area contributed by atoms with E-state index in [-0.39, 0.29) is 11.7 Å². The smallest absolute Gasteiger partial charge is 0.280 e. The zero-order valence-corrected chi connectivity index (χ0v) is 10.5. The fourth-order valence-corrected chi connectivity index (χ4v) is 1.50. The Balaban J connectivity index is 2.34. The molecule has 2 rings (SSSR count). The number of hydrogen-bond donors (Lipinski definition) is 1. The van der Waals surface area contributed by atoms with Gasteiger partial charge in [-0.15, -0.1) is 0 Å². The second-order valence-electron chi connectivity index (χ2n) is 4.16. The van der Waals surface area contributed by atoms with Gasteiger partial charge in [-0.1, -0.05) is 5.16 Å². The summed E-state index contributed by atoms with van der Waals surface area (Å²) in [5, 5.41) is 3.89. The molecule has 0 aliphatic heterocycles. The minimum Gasteiger partial charge on any atom is -0.382 e. The van der Waals surface area contributed by atoms with Crippen LogP contribution in [-0.4, -0.2) is 26.7 Å². The van der Waals surface area contributed by atoms with Gasteiger partial charge in [0.05, 0.1) is 0 Å². The molecular formula is C11H15N5O2. The summed E-state index contributed by atoms with van der Waals surface area (Å²) < 4.78 is 10.7. The fraction of sp³-hybridized carbons (Fsp3) is 0.455. The van der Waals surface area contributed by atoms with Crippen LogP contribution in [0.15, 0.2) is 16.9 Å². The van der Waals surface area contributed by atoms with Crippen molar-refractivity contribution in [3.8, 4) is 11.6 Å². The highest BCUT2D eigenvalue weighted by atomic mass is 16.5. The molecule has 0 radical (unpaired) electrons. The SMILES string of the molecule is CCOC(C)(C)c1noc(-c2nccnc2N)n1. The molecule has 0 saturated heterocycles. The van der Waals surface area contributed by atoms with Crippen LogP contribution in [0.2, 0.25) is 0 Å². The van der Waals surface area contributed by atoms with Crippen molar-refractivity contribution in [3.05, 3.63) is 18.2 Å². The molecule has 2 aromatic heterocycles. The van der Waals surface area contributed by atoms with Crippen LogP contribution in [0.3, 0.4) is 0 Å². The Hall–Kier alpha value is -2.02. The molecule has 2 aromatic rings. The van der Waals surface area contributed by atoms with E-state index in [9.17, 15) is 0 Å². The van der Waals surface area contributed by atoms with Crippen molar-refractivity contribution >= 4 is 5.82 Å². The summed E-state index contributed by atoms with van der Waals surface area (Å²) >= 11 is 0. The van der Waals surface area contributed by atoms with Crippen molar-refractivity contribution in [1.29, 1.82) is 0 Å². The lowest BCUT2D eigenvalue weighted by Crippen LogP contribution is -2.23. The minimum absolute atomic E-state index is 0.239. The molecule has 2 N–H and O–H groups in total. The maximum absolute atomic E-state index is 5.70. The quantitative estimate of drug-likeness (QED) is 0.873. The van der Waals surface area contributed by atoms with Gasteiger partial charge in [0.2, 0.25) is 5.82 Å². The standard InChI is InChI=1S/C11H15N5O2/c1-4-17-11(2,3)10-15-9(18-16-10)7-8(12)14-6-5-13-7/h5-6H,4H2,1-3H3,(H2,12,14). The lowest BCUT2D eigenvalue weighted by molar-refractivity contribution is -0.0221. The molecule has 0 atom stereocenters. The molecule has 0 aromatic carbocycles. The first kappa shape index (κ1) is 12.4. The van der Waals surface area contributed by atoms with Crippen LogP contribution in [0.4, 0.5) is 5.82 Å². The predicted octanol–water partition coefficient (Wildman–Crippen LogP) is 1.38. The number of nitrogen functional groups attached to an aromatic ring is 1. The number of aromatic nitrogens is 4. The summed E-state index contributed by atoms with van der Waals surface area (Å²) in [5.74, 6) is 0.940. The van der Waals surface area contributed by atoms with E-state index < -0.39 is 5.60 Å². The third kappa shape index (κ3) is 2.30. The zero-order chi connectivity index (χ0) is 13.2. The van der Waals surface area contributed by atoms with Crippen LogP contribution < -0.4 is 5.73 Å². The number of hydrogen-bond acceptors (Lipinski definition) is 7. The molecule has 0 spiro atoms. The molecule has 18 heavy (non-hydrogen) atoms. The number of anilines is 1. The molecule has 0 saturated carbocycles. The van der Waals surface area contributed by atoms with Gasteiger partial charge in [-0.05, 0) is 20.8 Å². The molecule has 96 valence electrons. The Morgan fingerprint density at radius 1 is 1.33 bits per heavy atom. The van der Waals surface area contributed by atoms with Crippen LogP contribution in [0, 0.1) is 0 Å². The van der Waals surface area contributed by atoms with E-state index in [2.05, 4.69) is 20.1 Å². The molecule has 0 unspecified atom stereocenters. The van der Waals surface area contributed by atoms with Gasteiger partial charge in [-0.2, -0.15) is 4.98 Å². The predicted molar refractivity (Wildman–Crippen MR) is 64.4 cm³/mol. The second kappa shape index (κ2) is 4.69. The van der Waals surface area contributed by atoms with E-state index in [1.807, 2.05) is 20.8 Å². The van der Waals surface area contributed by atoms with Crippen molar-refractivity contribution < 1.29 is 9.26 Å². The van der Waals surface area contributed by atoms with Crippen LogP contribution >= 0.6 is 0 Å². The van der Waals surface area contributed by atoms with Crippen molar-refractivity contribution in [3.63, 3.8) is 0 Å². The van der Waals surface area contributed by atoms with E-state index in [1.54, 1.807) is 0 Å². The van der Waals surface area contributed by atoms with E-state index in [0.717, 1.165) is 0 Å². The average molecular weight is 249 g/mol. The van der Waals surface area contributed by atoms with Gasteiger partial charge in [0.1, 0.15) is 5.60 Å². The molecule has 0 fully saturated rings. The number of ether oxygens (including phenoxy) is 1. The maximum atomic E-state index is 5.70. The van der Waals surface area contributed by atoms with Crippen molar-refractivity contribution in [1.82, 2.24) is 20.1 Å². The second-order valence-corrected chi connectivity index (χ2v) is 4.16. The van der Waals surface area contributed by atoms with E-state index in [0.29, 0.717) is 18.1 Å². The van der Waals surface area contributed by atoms with Crippen LogP contribution in [0.5, 0.6) is 0 Å². The monoisotopic (exact) mass is 249 g/mol. The van der Waals surface area contributed by atoms with Crippen molar-refractivity contribution in [2.45, 2.75) is 26.4 Å². The minimum atomic E-state index is -0.618. The van der Waals surface area contributed by atoms with Gasteiger partial charge in [-0.25, -0.2) is 9.97 Å². The first-order valence-electron chi connectivity index (χ1n) is 5.59. The van der Waals surface area contributed by atoms with Gasteiger partial charge < -0.3 is 15.0 Å². The first-order chi connectivity index (χ1) is 8.54. The van der Waals surface area contributed by atoms with Crippen LogP contribution in [-0.2, 0) is 10.3 Å². The molecule has 0 aliphatic rings. The third-order valence-electron chi connectivity index (χ3n) is 2.40. The molecule has 0 amide bonds. The Labute approximate surface area is 104 Å². The van der Waals surface area contributed by atoms with Gasteiger partial charge in [0.25, 0.3) is 5.89 Å². The molecule has 7 heteroatoms. The van der Waals surface area contributed by atoms with Crippen LogP contribution in [0.1, 0.15) is 26.6 Å².